The van der Waals surface area contributed by atoms with Crippen LogP contribution in [0, 0.1) is 5.41 Å². The molecule has 0 radical (unpaired) electrons. The maximum Gasteiger partial charge on any atom is 0.228 e. The lowest BCUT2D eigenvalue weighted by atomic mass is 9.74. The molecule has 18 heavy (non-hydrogen) atoms. The van der Waals surface area contributed by atoms with Crippen molar-refractivity contribution in [2.45, 2.75) is 70.8 Å². The molecule has 1 amide bonds. The minimum atomic E-state index is -0.144. The normalized spacial score (nSPS) is 24.9. The molecule has 0 aromatic heterocycles. The van der Waals surface area contributed by atoms with E-state index in [-0.39, 0.29) is 11.5 Å². The minimum Gasteiger partial charge on any atom is -0.342 e. The molecule has 0 saturated heterocycles. The third-order valence-corrected chi connectivity index (χ3v) is 4.85. The quantitative estimate of drug-likeness (QED) is 0.756. The van der Waals surface area contributed by atoms with Crippen molar-refractivity contribution in [3.8, 4) is 0 Å². The Labute approximate surface area is 110 Å². The van der Waals surface area contributed by atoms with E-state index in [9.17, 15) is 9.59 Å². The predicted molar refractivity (Wildman–Crippen MR) is 71.2 cm³/mol. The topological polar surface area (TPSA) is 37.4 Å². The van der Waals surface area contributed by atoms with Crippen molar-refractivity contribution in [3.63, 3.8) is 0 Å². The van der Waals surface area contributed by atoms with Gasteiger partial charge in [0.25, 0.3) is 0 Å². The van der Waals surface area contributed by atoms with Crippen molar-refractivity contribution >= 4 is 11.7 Å². The second-order valence-corrected chi connectivity index (χ2v) is 6.31. The van der Waals surface area contributed by atoms with Crippen molar-refractivity contribution in [1.82, 2.24) is 4.90 Å². The van der Waals surface area contributed by atoms with E-state index in [2.05, 4.69) is 6.92 Å². The molecule has 0 bridgehead atoms. The van der Waals surface area contributed by atoms with Crippen molar-refractivity contribution in [2.24, 2.45) is 5.41 Å². The molecule has 2 fully saturated rings. The molecule has 2 aliphatic rings. The van der Waals surface area contributed by atoms with Crippen LogP contribution in [0.3, 0.4) is 0 Å². The zero-order chi connectivity index (χ0) is 13.2. The van der Waals surface area contributed by atoms with Gasteiger partial charge in [-0.15, -0.1) is 0 Å². The molecular formula is C15H25NO2. The summed E-state index contributed by atoms with van der Waals surface area (Å²) in [5, 5.41) is 0. The molecule has 0 heterocycles. The standard InChI is InChI=1S/C15H25NO2/c1-15(10-4-3-5-11-15)14(18)16(2)12-6-8-13(17)9-7-12/h12H,3-11H2,1-2H3. The molecule has 3 nitrogen and oxygen atoms in total. The van der Waals surface area contributed by atoms with Crippen molar-refractivity contribution in [2.75, 3.05) is 7.05 Å². The Morgan fingerprint density at radius 2 is 1.72 bits per heavy atom. The second kappa shape index (κ2) is 5.41. The monoisotopic (exact) mass is 251 g/mol. The lowest BCUT2D eigenvalue weighted by Crippen LogP contribution is -2.47. The van der Waals surface area contributed by atoms with E-state index in [0.29, 0.717) is 24.5 Å². The SMILES string of the molecule is CN(C(=O)C1(C)CCCCC1)C1CCC(=O)CC1. The number of amides is 1. The molecule has 3 heteroatoms. The average Bonchev–Trinajstić information content (AvgIpc) is 2.39. The molecule has 0 unspecified atom stereocenters. The first-order chi connectivity index (χ1) is 8.53. The van der Waals surface area contributed by atoms with Gasteiger partial charge in [-0.2, -0.15) is 0 Å². The molecule has 0 atom stereocenters. The van der Waals surface area contributed by atoms with E-state index in [1.54, 1.807) is 0 Å². The van der Waals surface area contributed by atoms with Gasteiger partial charge in [0.15, 0.2) is 0 Å². The molecule has 2 saturated carbocycles. The summed E-state index contributed by atoms with van der Waals surface area (Å²) < 4.78 is 0. The van der Waals surface area contributed by atoms with Gasteiger partial charge in [0.05, 0.1) is 0 Å². The summed E-state index contributed by atoms with van der Waals surface area (Å²) in [6.45, 7) is 2.12. The molecule has 2 rings (SSSR count). The first-order valence-electron chi connectivity index (χ1n) is 7.32. The van der Waals surface area contributed by atoms with E-state index >= 15 is 0 Å². The summed E-state index contributed by atoms with van der Waals surface area (Å²) in [4.78, 5) is 25.8. The van der Waals surface area contributed by atoms with Gasteiger partial charge in [0.1, 0.15) is 5.78 Å². The first kappa shape index (κ1) is 13.6. The number of hydrogen-bond donors (Lipinski definition) is 0. The number of ketones is 1. The van der Waals surface area contributed by atoms with Crippen LogP contribution < -0.4 is 0 Å². The summed E-state index contributed by atoms with van der Waals surface area (Å²) in [5.74, 6) is 0.664. The molecule has 2 aliphatic carbocycles. The van der Waals surface area contributed by atoms with Crippen LogP contribution in [0.2, 0.25) is 0 Å². The Bertz CT molecular complexity index is 321. The predicted octanol–water partition coefficient (Wildman–Crippen LogP) is 2.93. The summed E-state index contributed by atoms with van der Waals surface area (Å²) in [5.41, 5.74) is -0.144. The van der Waals surface area contributed by atoms with Crippen LogP contribution in [0.15, 0.2) is 0 Å². The van der Waals surface area contributed by atoms with Crippen LogP contribution in [0.4, 0.5) is 0 Å². The summed E-state index contributed by atoms with van der Waals surface area (Å²) in [6.07, 6.45) is 8.71. The highest BCUT2D eigenvalue weighted by Gasteiger charge is 2.38. The van der Waals surface area contributed by atoms with Crippen LogP contribution in [-0.4, -0.2) is 29.7 Å². The average molecular weight is 251 g/mol. The second-order valence-electron chi connectivity index (χ2n) is 6.31. The molecule has 0 aromatic carbocycles. The van der Waals surface area contributed by atoms with E-state index in [1.807, 2.05) is 11.9 Å². The third kappa shape index (κ3) is 2.76. The van der Waals surface area contributed by atoms with Gasteiger partial charge in [-0.3, -0.25) is 9.59 Å². The number of hydrogen-bond acceptors (Lipinski definition) is 2. The van der Waals surface area contributed by atoms with Crippen LogP contribution in [-0.2, 0) is 9.59 Å². The summed E-state index contributed by atoms with van der Waals surface area (Å²) in [6, 6.07) is 0.286. The van der Waals surface area contributed by atoms with Gasteiger partial charge in [-0.1, -0.05) is 26.2 Å². The van der Waals surface area contributed by atoms with Crippen molar-refractivity contribution < 1.29 is 9.59 Å². The minimum absolute atomic E-state index is 0.144. The van der Waals surface area contributed by atoms with Crippen LogP contribution in [0.5, 0.6) is 0 Å². The molecular weight excluding hydrogens is 226 g/mol. The zero-order valence-electron chi connectivity index (χ0n) is 11.7. The smallest absolute Gasteiger partial charge is 0.228 e. The number of carbonyl (C=O) groups excluding carboxylic acids is 2. The lowest BCUT2D eigenvalue weighted by Gasteiger charge is -2.39. The Kier molecular flexibility index (Phi) is 4.08. The highest BCUT2D eigenvalue weighted by Crippen LogP contribution is 2.38. The molecule has 102 valence electrons. The Morgan fingerprint density at radius 1 is 1.17 bits per heavy atom. The highest BCUT2D eigenvalue weighted by atomic mass is 16.2. The Balaban J connectivity index is 1.97. The maximum absolute atomic E-state index is 12.6. The zero-order valence-corrected chi connectivity index (χ0v) is 11.7. The van der Waals surface area contributed by atoms with Crippen LogP contribution in [0.25, 0.3) is 0 Å². The number of nitrogens with zero attached hydrogens (tertiary/aromatic N) is 1. The summed E-state index contributed by atoms with van der Waals surface area (Å²) in [7, 11) is 1.93. The van der Waals surface area contributed by atoms with Crippen LogP contribution in [0.1, 0.15) is 64.7 Å². The molecule has 0 spiro atoms. The number of Topliss-reactive ketones (excluding diaryl/α,β-unsaturated/α-hetero) is 1. The maximum atomic E-state index is 12.6. The molecule has 0 N–H and O–H groups in total. The fourth-order valence-electron chi connectivity index (χ4n) is 3.45. The van der Waals surface area contributed by atoms with Gasteiger partial charge >= 0.3 is 0 Å². The molecule has 0 aliphatic heterocycles. The Hall–Kier alpha value is -0.860. The Morgan fingerprint density at radius 3 is 2.28 bits per heavy atom. The van der Waals surface area contributed by atoms with E-state index < -0.39 is 0 Å². The van der Waals surface area contributed by atoms with Gasteiger partial charge < -0.3 is 4.90 Å². The van der Waals surface area contributed by atoms with E-state index in [0.717, 1.165) is 25.7 Å². The van der Waals surface area contributed by atoms with Gasteiger partial charge in [0, 0.05) is 31.3 Å². The molecule has 0 aromatic rings. The van der Waals surface area contributed by atoms with Gasteiger partial charge in [-0.05, 0) is 25.7 Å². The highest BCUT2D eigenvalue weighted by molar-refractivity contribution is 5.83. The van der Waals surface area contributed by atoms with Gasteiger partial charge in [0.2, 0.25) is 5.91 Å². The van der Waals surface area contributed by atoms with Gasteiger partial charge in [-0.25, -0.2) is 0 Å². The third-order valence-electron chi connectivity index (χ3n) is 4.85. The largest absolute Gasteiger partial charge is 0.342 e. The lowest BCUT2D eigenvalue weighted by molar-refractivity contribution is -0.145. The number of carbonyl (C=O) groups is 2. The van der Waals surface area contributed by atoms with E-state index in [4.69, 9.17) is 0 Å². The fourth-order valence-corrected chi connectivity index (χ4v) is 3.45. The first-order valence-corrected chi connectivity index (χ1v) is 7.32. The number of rotatable bonds is 2. The fraction of sp³-hybridized carbons (Fsp3) is 0.867. The summed E-state index contributed by atoms with van der Waals surface area (Å²) >= 11 is 0. The van der Waals surface area contributed by atoms with E-state index in [1.165, 1.54) is 19.3 Å². The van der Waals surface area contributed by atoms with Crippen LogP contribution >= 0.6 is 0 Å². The van der Waals surface area contributed by atoms with Crippen molar-refractivity contribution in [1.29, 1.82) is 0 Å². The van der Waals surface area contributed by atoms with Crippen molar-refractivity contribution in [3.05, 3.63) is 0 Å².